The van der Waals surface area contributed by atoms with E-state index in [9.17, 15) is 36.4 Å². The Labute approximate surface area is 270 Å². The Kier molecular flexibility index (Phi) is 11.4. The molecule has 1 saturated carbocycles. The lowest BCUT2D eigenvalue weighted by atomic mass is 9.39. The Morgan fingerprint density at radius 2 is 1.58 bits per heavy atom. The largest absolute Gasteiger partial charge is 0.404 e. The molecule has 2 rings (SSSR count). The number of alkyl halides is 3. The van der Waals surface area contributed by atoms with Crippen LogP contribution in [0.15, 0.2) is 11.6 Å². The lowest BCUT2D eigenvalue weighted by Gasteiger charge is -2.64. The Balaban J connectivity index is 2.56. The van der Waals surface area contributed by atoms with Gasteiger partial charge in [0, 0.05) is 17.4 Å². The van der Waals surface area contributed by atoms with Gasteiger partial charge in [0.15, 0.2) is 11.5 Å². The van der Waals surface area contributed by atoms with Crippen LogP contribution in [-0.4, -0.2) is 37.5 Å². The summed E-state index contributed by atoms with van der Waals surface area (Å²) in [7, 11) is -4.65. The van der Waals surface area contributed by atoms with Gasteiger partial charge < -0.3 is 4.79 Å². The number of sulfonamides is 1. The maximum atomic E-state index is 13.3. The summed E-state index contributed by atoms with van der Waals surface area (Å²) >= 11 is 0. The zero-order valence-corrected chi connectivity index (χ0v) is 30.2. The van der Waals surface area contributed by atoms with Crippen LogP contribution in [0.5, 0.6) is 0 Å². The third-order valence-electron chi connectivity index (χ3n) is 11.9. The van der Waals surface area contributed by atoms with E-state index in [4.69, 9.17) is 0 Å². The Morgan fingerprint density at radius 1 is 1.02 bits per heavy atom. The number of nitriles is 1. The molecule has 0 heterocycles. The average molecular weight is 659 g/mol. The van der Waals surface area contributed by atoms with Crippen LogP contribution in [-0.2, 0) is 19.6 Å². The highest BCUT2D eigenvalue weighted by Crippen LogP contribution is 2.68. The van der Waals surface area contributed by atoms with Gasteiger partial charge in [0.05, 0.1) is 5.57 Å². The SMILES string of the molecule is CCCC(C)(C)CC[C@@](C)(CCC(C)(C)[C@]1(C)CC[C@H]2C(C)(C)C(=O)C(C#N)=C[C@]2(C)[C@H]1CC(C)=O)NS(=O)(=O)CC(F)(F)F. The molecule has 0 aromatic heterocycles. The van der Waals surface area contributed by atoms with Gasteiger partial charge in [-0.3, -0.25) is 4.79 Å². The monoisotopic (exact) mass is 658 g/mol. The standard InChI is InChI=1S/C35H57F3N2O4S/c1-12-14-29(3,4)16-18-32(9,40-45(43,44)23-35(36,37)38)19-17-30(5,6)34(11)15-13-26-31(7,8)28(42)25(22-39)21-33(26,10)27(34)20-24(2)41/h21,26-27,40H,12-20,23H2,1-11H3/t26-,27+,32-,33-,34+/m0/s1. The number of ketones is 2. The number of carbonyl (C=O) groups is 2. The Bertz CT molecular complexity index is 1310. The van der Waals surface area contributed by atoms with Crippen molar-refractivity contribution in [3.8, 4) is 6.07 Å². The molecule has 45 heavy (non-hydrogen) atoms. The first-order chi connectivity index (χ1) is 20.1. The van der Waals surface area contributed by atoms with E-state index in [0.717, 1.165) is 12.8 Å². The molecule has 0 saturated heterocycles. The Hall–Kier alpha value is -1.73. The van der Waals surface area contributed by atoms with E-state index in [-0.39, 0.29) is 40.8 Å². The average Bonchev–Trinajstić information content (AvgIpc) is 2.84. The fourth-order valence-electron chi connectivity index (χ4n) is 8.85. The first-order valence-electron chi connectivity index (χ1n) is 16.4. The highest BCUT2D eigenvalue weighted by molar-refractivity contribution is 7.89. The fourth-order valence-corrected chi connectivity index (χ4v) is 10.3. The molecule has 0 aromatic rings. The summed E-state index contributed by atoms with van der Waals surface area (Å²) in [5, 5.41) is 9.90. The molecule has 10 heteroatoms. The molecule has 6 nitrogen and oxygen atoms in total. The molecule has 5 atom stereocenters. The van der Waals surface area contributed by atoms with Crippen molar-refractivity contribution in [3.63, 3.8) is 0 Å². The van der Waals surface area contributed by atoms with Gasteiger partial charge in [0.2, 0.25) is 10.0 Å². The molecule has 258 valence electrons. The van der Waals surface area contributed by atoms with Crippen LogP contribution in [0.2, 0.25) is 0 Å². The summed E-state index contributed by atoms with van der Waals surface area (Å²) in [4.78, 5) is 26.1. The van der Waals surface area contributed by atoms with Crippen molar-refractivity contribution in [2.75, 3.05) is 5.75 Å². The van der Waals surface area contributed by atoms with Crippen LogP contribution in [0, 0.1) is 50.2 Å². The topological polar surface area (TPSA) is 104 Å². The lowest BCUT2D eigenvalue weighted by Crippen LogP contribution is -2.60. The smallest absolute Gasteiger partial charge is 0.300 e. The minimum absolute atomic E-state index is 0.00779. The van der Waals surface area contributed by atoms with E-state index in [1.54, 1.807) is 19.9 Å². The van der Waals surface area contributed by atoms with Crippen LogP contribution in [0.25, 0.3) is 0 Å². The third kappa shape index (κ3) is 8.80. The van der Waals surface area contributed by atoms with Gasteiger partial charge in [-0.05, 0) is 92.3 Å². The number of hydrogen-bond donors (Lipinski definition) is 1. The first-order valence-corrected chi connectivity index (χ1v) is 18.0. The van der Waals surface area contributed by atoms with E-state index in [1.807, 2.05) is 13.8 Å². The fraction of sp³-hybridized carbons (Fsp3) is 0.857. The second kappa shape index (κ2) is 13.1. The van der Waals surface area contributed by atoms with Gasteiger partial charge >= 0.3 is 6.18 Å². The van der Waals surface area contributed by atoms with E-state index in [0.29, 0.717) is 38.5 Å². The number of halogens is 3. The van der Waals surface area contributed by atoms with Crippen LogP contribution >= 0.6 is 0 Å². The summed E-state index contributed by atoms with van der Waals surface area (Å²) in [6, 6.07) is 2.11. The molecule has 1 fully saturated rings. The first kappa shape index (κ1) is 39.4. The number of nitrogens with zero attached hydrogens (tertiary/aromatic N) is 1. The van der Waals surface area contributed by atoms with Gasteiger partial charge in [0.1, 0.15) is 11.9 Å². The van der Waals surface area contributed by atoms with Crippen LogP contribution in [0.3, 0.4) is 0 Å². The number of nitrogens with one attached hydrogen (secondary N) is 1. The van der Waals surface area contributed by atoms with E-state index < -0.39 is 49.2 Å². The van der Waals surface area contributed by atoms with Crippen LogP contribution < -0.4 is 4.72 Å². The predicted molar refractivity (Wildman–Crippen MR) is 173 cm³/mol. The molecule has 0 aromatic carbocycles. The maximum Gasteiger partial charge on any atom is 0.404 e. The second-order valence-corrected chi connectivity index (χ2v) is 18.6. The number of Topliss-reactive ketones (excluding diaryl/α,β-unsaturated/α-hetero) is 2. The summed E-state index contributed by atoms with van der Waals surface area (Å²) < 4.78 is 67.7. The molecule has 1 N–H and O–H groups in total. The molecule has 0 radical (unpaired) electrons. The van der Waals surface area contributed by atoms with Gasteiger partial charge in [-0.1, -0.05) is 74.8 Å². The summed E-state index contributed by atoms with van der Waals surface area (Å²) in [6.45, 7) is 21.7. The van der Waals surface area contributed by atoms with Gasteiger partial charge in [-0.15, -0.1) is 0 Å². The van der Waals surface area contributed by atoms with Crippen molar-refractivity contribution in [2.45, 2.75) is 146 Å². The number of rotatable bonds is 14. The van der Waals surface area contributed by atoms with Crippen molar-refractivity contribution in [3.05, 3.63) is 11.6 Å². The summed E-state index contributed by atoms with van der Waals surface area (Å²) in [5.41, 5.74) is -3.46. The summed E-state index contributed by atoms with van der Waals surface area (Å²) in [6.07, 6.45) is 2.29. The van der Waals surface area contributed by atoms with Crippen molar-refractivity contribution in [2.24, 2.45) is 38.9 Å². The molecule has 0 spiro atoms. The molecule has 0 unspecified atom stereocenters. The maximum absolute atomic E-state index is 13.3. The predicted octanol–water partition coefficient (Wildman–Crippen LogP) is 8.72. The number of carbonyl (C=O) groups excluding carboxylic acids is 2. The number of allylic oxidation sites excluding steroid dienone is 2. The lowest BCUT2D eigenvalue weighted by molar-refractivity contribution is -0.155. The minimum atomic E-state index is -4.86. The highest BCUT2D eigenvalue weighted by Gasteiger charge is 2.63. The van der Waals surface area contributed by atoms with E-state index in [1.165, 1.54) is 0 Å². The van der Waals surface area contributed by atoms with Crippen molar-refractivity contribution in [1.82, 2.24) is 4.72 Å². The van der Waals surface area contributed by atoms with Gasteiger partial charge in [-0.2, -0.15) is 18.4 Å². The van der Waals surface area contributed by atoms with E-state index in [2.05, 4.69) is 59.3 Å². The number of hydrogen-bond acceptors (Lipinski definition) is 5. The van der Waals surface area contributed by atoms with E-state index >= 15 is 0 Å². The molecule has 2 aliphatic rings. The van der Waals surface area contributed by atoms with Crippen molar-refractivity contribution < 1.29 is 31.2 Å². The third-order valence-corrected chi connectivity index (χ3v) is 13.4. The quantitative estimate of drug-likeness (QED) is 0.201. The zero-order valence-electron chi connectivity index (χ0n) is 29.4. The second-order valence-electron chi connectivity index (χ2n) is 16.9. The minimum Gasteiger partial charge on any atom is -0.300 e. The number of fused-ring (bicyclic) bond motifs is 1. The van der Waals surface area contributed by atoms with Gasteiger partial charge in [-0.25, -0.2) is 13.1 Å². The molecule has 2 aliphatic carbocycles. The van der Waals surface area contributed by atoms with Crippen LogP contribution in [0.4, 0.5) is 13.2 Å². The van der Waals surface area contributed by atoms with Crippen molar-refractivity contribution >= 4 is 21.6 Å². The van der Waals surface area contributed by atoms with Gasteiger partial charge in [0.25, 0.3) is 0 Å². The normalized spacial score (nSPS) is 28.9. The van der Waals surface area contributed by atoms with Crippen LogP contribution in [0.1, 0.15) is 134 Å². The summed E-state index contributed by atoms with van der Waals surface area (Å²) in [5.74, 6) is -2.40. The molecule has 0 aliphatic heterocycles. The van der Waals surface area contributed by atoms with Crippen molar-refractivity contribution in [1.29, 1.82) is 5.26 Å². The molecular weight excluding hydrogens is 601 g/mol. The Morgan fingerprint density at radius 3 is 2.07 bits per heavy atom. The molecular formula is C35H57F3N2O4S. The highest BCUT2D eigenvalue weighted by atomic mass is 32.2. The zero-order chi connectivity index (χ0) is 35.1. The molecule has 0 bridgehead atoms. The molecule has 0 amide bonds.